The first-order valence-corrected chi connectivity index (χ1v) is 8.16. The van der Waals surface area contributed by atoms with Gasteiger partial charge < -0.3 is 20.1 Å². The molecular weight excluding hydrogens is 336 g/mol. The van der Waals surface area contributed by atoms with Gasteiger partial charge in [0.05, 0.1) is 11.8 Å². The second kappa shape index (κ2) is 7.97. The Morgan fingerprint density at radius 3 is 2.46 bits per heavy atom. The lowest BCUT2D eigenvalue weighted by Gasteiger charge is -2.09. The Hall–Kier alpha value is -2.93. The Balaban J connectivity index is 2.03. The standard InChI is InChI=1S/C19H22N2O5/c1-10-17(13(4)23)11(2)20-18(10)19(25)26-9-16(24)21-15-8-6-5-7-14(15)12(3)22/h5-8,13,20,23H,9H2,1-4H3,(H,21,24)/t13-/m0/s1. The van der Waals surface area contributed by atoms with Gasteiger partial charge in [-0.1, -0.05) is 12.1 Å². The fourth-order valence-electron chi connectivity index (χ4n) is 2.88. The number of hydrogen-bond acceptors (Lipinski definition) is 5. The maximum absolute atomic E-state index is 12.2. The number of amides is 1. The van der Waals surface area contributed by atoms with Gasteiger partial charge in [0.1, 0.15) is 5.69 Å². The largest absolute Gasteiger partial charge is 0.451 e. The molecule has 1 amide bonds. The molecule has 0 spiro atoms. The maximum Gasteiger partial charge on any atom is 0.355 e. The Bertz CT molecular complexity index is 852. The van der Waals surface area contributed by atoms with E-state index >= 15 is 0 Å². The number of carbonyl (C=O) groups excluding carboxylic acids is 3. The van der Waals surface area contributed by atoms with E-state index in [-0.39, 0.29) is 11.5 Å². The van der Waals surface area contributed by atoms with Gasteiger partial charge in [-0.25, -0.2) is 4.79 Å². The lowest BCUT2D eigenvalue weighted by atomic mass is 10.1. The summed E-state index contributed by atoms with van der Waals surface area (Å²) in [7, 11) is 0. The van der Waals surface area contributed by atoms with Crippen LogP contribution in [-0.2, 0) is 9.53 Å². The molecule has 1 aromatic heterocycles. The van der Waals surface area contributed by atoms with E-state index in [2.05, 4.69) is 10.3 Å². The quantitative estimate of drug-likeness (QED) is 0.543. The van der Waals surface area contributed by atoms with Crippen molar-refractivity contribution in [1.82, 2.24) is 4.98 Å². The number of hydrogen-bond donors (Lipinski definition) is 3. The zero-order valence-electron chi connectivity index (χ0n) is 15.2. The van der Waals surface area contributed by atoms with Gasteiger partial charge in [0.15, 0.2) is 12.4 Å². The number of rotatable bonds is 6. The molecule has 2 aromatic rings. The van der Waals surface area contributed by atoms with Crippen LogP contribution in [0.5, 0.6) is 0 Å². The van der Waals surface area contributed by atoms with E-state index < -0.39 is 24.6 Å². The first kappa shape index (κ1) is 19.4. The molecule has 0 fully saturated rings. The van der Waals surface area contributed by atoms with Crippen molar-refractivity contribution in [3.05, 3.63) is 52.3 Å². The van der Waals surface area contributed by atoms with Gasteiger partial charge in [-0.2, -0.15) is 0 Å². The SMILES string of the molecule is CC(=O)c1ccccc1NC(=O)COC(=O)c1[nH]c(C)c([C@H](C)O)c1C. The molecule has 3 N–H and O–H groups in total. The van der Waals surface area contributed by atoms with Gasteiger partial charge >= 0.3 is 5.97 Å². The monoisotopic (exact) mass is 358 g/mol. The lowest BCUT2D eigenvalue weighted by Crippen LogP contribution is -2.22. The number of nitrogens with one attached hydrogen (secondary N) is 2. The predicted molar refractivity (Wildman–Crippen MR) is 96.3 cm³/mol. The minimum Gasteiger partial charge on any atom is -0.451 e. The number of aromatic nitrogens is 1. The summed E-state index contributed by atoms with van der Waals surface area (Å²) in [5.41, 5.74) is 2.84. The van der Waals surface area contributed by atoms with E-state index in [0.717, 1.165) is 0 Å². The second-order valence-corrected chi connectivity index (χ2v) is 6.07. The number of carbonyl (C=O) groups is 3. The summed E-state index contributed by atoms with van der Waals surface area (Å²) in [4.78, 5) is 38.7. The van der Waals surface area contributed by atoms with Gasteiger partial charge in [-0.15, -0.1) is 0 Å². The number of esters is 1. The molecule has 0 saturated heterocycles. The number of benzene rings is 1. The van der Waals surface area contributed by atoms with Gasteiger partial charge in [0.2, 0.25) is 0 Å². The number of aliphatic hydroxyl groups excluding tert-OH is 1. The van der Waals surface area contributed by atoms with Crippen molar-refractivity contribution < 1.29 is 24.2 Å². The highest BCUT2D eigenvalue weighted by Gasteiger charge is 2.21. The third-order valence-corrected chi connectivity index (χ3v) is 4.03. The number of aliphatic hydroxyl groups is 1. The molecular formula is C19H22N2O5. The number of aryl methyl sites for hydroxylation is 1. The number of ketones is 1. The number of para-hydroxylation sites is 1. The fraction of sp³-hybridized carbons (Fsp3) is 0.316. The molecule has 2 rings (SSSR count). The maximum atomic E-state index is 12.2. The normalized spacial score (nSPS) is 11.7. The van der Waals surface area contributed by atoms with Crippen LogP contribution in [0.2, 0.25) is 0 Å². The molecule has 0 bridgehead atoms. The Kier molecular flexibility index (Phi) is 5.94. The van der Waals surface area contributed by atoms with Crippen LogP contribution < -0.4 is 5.32 Å². The average Bonchev–Trinajstić information content (AvgIpc) is 2.87. The van der Waals surface area contributed by atoms with Crippen molar-refractivity contribution >= 4 is 23.3 Å². The molecule has 0 unspecified atom stereocenters. The van der Waals surface area contributed by atoms with Crippen LogP contribution in [0, 0.1) is 13.8 Å². The number of Topliss-reactive ketones (excluding diaryl/α,β-unsaturated/α-hetero) is 1. The molecule has 1 atom stereocenters. The molecule has 0 aliphatic carbocycles. The van der Waals surface area contributed by atoms with Gasteiger partial charge in [0, 0.05) is 16.8 Å². The molecule has 0 radical (unpaired) electrons. The summed E-state index contributed by atoms with van der Waals surface area (Å²) in [6.45, 7) is 5.97. The lowest BCUT2D eigenvalue weighted by molar-refractivity contribution is -0.119. The Labute approximate surface area is 151 Å². The fourth-order valence-corrected chi connectivity index (χ4v) is 2.88. The van der Waals surface area contributed by atoms with Crippen molar-refractivity contribution in [3.63, 3.8) is 0 Å². The summed E-state index contributed by atoms with van der Waals surface area (Å²) in [5, 5.41) is 12.3. The van der Waals surface area contributed by atoms with E-state index in [9.17, 15) is 19.5 Å². The van der Waals surface area contributed by atoms with Crippen LogP contribution in [0.25, 0.3) is 0 Å². The summed E-state index contributed by atoms with van der Waals surface area (Å²) in [5.74, 6) is -1.42. The minimum absolute atomic E-state index is 0.180. The highest BCUT2D eigenvalue weighted by Crippen LogP contribution is 2.24. The summed E-state index contributed by atoms with van der Waals surface area (Å²) in [6.07, 6.45) is -0.723. The zero-order chi connectivity index (χ0) is 19.4. The predicted octanol–water partition coefficient (Wildman–Crippen LogP) is 2.68. The molecule has 1 heterocycles. The van der Waals surface area contributed by atoms with E-state index in [4.69, 9.17) is 4.74 Å². The highest BCUT2D eigenvalue weighted by atomic mass is 16.5. The zero-order valence-corrected chi connectivity index (χ0v) is 15.2. The smallest absolute Gasteiger partial charge is 0.355 e. The molecule has 0 aliphatic heterocycles. The average molecular weight is 358 g/mol. The first-order chi connectivity index (χ1) is 12.2. The highest BCUT2D eigenvalue weighted by molar-refractivity contribution is 6.04. The molecule has 7 nitrogen and oxygen atoms in total. The van der Waals surface area contributed by atoms with Crippen molar-refractivity contribution in [2.75, 3.05) is 11.9 Å². The van der Waals surface area contributed by atoms with E-state index in [1.54, 1.807) is 45.0 Å². The van der Waals surface area contributed by atoms with Crippen molar-refractivity contribution in [1.29, 1.82) is 0 Å². The Morgan fingerprint density at radius 1 is 1.23 bits per heavy atom. The van der Waals surface area contributed by atoms with E-state index in [1.165, 1.54) is 6.92 Å². The van der Waals surface area contributed by atoms with Gasteiger partial charge in [-0.05, 0) is 45.4 Å². The molecule has 26 heavy (non-hydrogen) atoms. The second-order valence-electron chi connectivity index (χ2n) is 6.07. The van der Waals surface area contributed by atoms with Crippen LogP contribution >= 0.6 is 0 Å². The van der Waals surface area contributed by atoms with Crippen LogP contribution in [-0.4, -0.2) is 34.4 Å². The number of ether oxygens (including phenoxy) is 1. The minimum atomic E-state index is -0.723. The third kappa shape index (κ3) is 4.18. The molecule has 0 aliphatic rings. The van der Waals surface area contributed by atoms with Crippen LogP contribution in [0.4, 0.5) is 5.69 Å². The topological polar surface area (TPSA) is 108 Å². The van der Waals surface area contributed by atoms with Gasteiger partial charge in [-0.3, -0.25) is 9.59 Å². The van der Waals surface area contributed by atoms with E-state index in [0.29, 0.717) is 28.1 Å². The van der Waals surface area contributed by atoms with Crippen LogP contribution in [0.15, 0.2) is 24.3 Å². The molecule has 7 heteroatoms. The summed E-state index contributed by atoms with van der Waals surface area (Å²) in [6, 6.07) is 6.59. The summed E-state index contributed by atoms with van der Waals surface area (Å²) < 4.78 is 5.04. The van der Waals surface area contributed by atoms with Crippen molar-refractivity contribution in [2.45, 2.75) is 33.8 Å². The van der Waals surface area contributed by atoms with Crippen molar-refractivity contribution in [3.8, 4) is 0 Å². The van der Waals surface area contributed by atoms with Crippen LogP contribution in [0.1, 0.15) is 57.6 Å². The Morgan fingerprint density at radius 2 is 1.88 bits per heavy atom. The van der Waals surface area contributed by atoms with Crippen molar-refractivity contribution in [2.24, 2.45) is 0 Å². The van der Waals surface area contributed by atoms with Gasteiger partial charge in [0.25, 0.3) is 5.91 Å². The third-order valence-electron chi connectivity index (χ3n) is 4.03. The molecule has 1 aromatic carbocycles. The number of H-pyrrole nitrogens is 1. The molecule has 0 saturated carbocycles. The molecule has 138 valence electrons. The number of aromatic amines is 1. The van der Waals surface area contributed by atoms with E-state index in [1.807, 2.05) is 0 Å². The first-order valence-electron chi connectivity index (χ1n) is 8.16. The summed E-state index contributed by atoms with van der Waals surface area (Å²) >= 11 is 0. The van der Waals surface area contributed by atoms with Crippen LogP contribution in [0.3, 0.4) is 0 Å². The number of anilines is 1.